The van der Waals surface area contributed by atoms with Crippen LogP contribution in [-0.4, -0.2) is 58.1 Å². The van der Waals surface area contributed by atoms with E-state index in [1.54, 1.807) is 4.90 Å². The zero-order valence-electron chi connectivity index (χ0n) is 18.7. The molecule has 1 fully saturated rings. The lowest BCUT2D eigenvalue weighted by atomic mass is 10.1. The minimum atomic E-state index is -0.667. The van der Waals surface area contributed by atoms with Gasteiger partial charge in [0.25, 0.3) is 0 Å². The van der Waals surface area contributed by atoms with Crippen molar-refractivity contribution in [2.75, 3.05) is 42.1 Å². The second-order valence-electron chi connectivity index (χ2n) is 7.53. The van der Waals surface area contributed by atoms with Crippen molar-refractivity contribution in [2.45, 2.75) is 33.1 Å². The Morgan fingerprint density at radius 1 is 1.09 bits per heavy atom. The summed E-state index contributed by atoms with van der Waals surface area (Å²) in [6.07, 6.45) is 5.92. The molecule has 9 nitrogen and oxygen atoms in total. The van der Waals surface area contributed by atoms with Crippen molar-refractivity contribution in [1.29, 1.82) is 0 Å². The first-order valence-electron chi connectivity index (χ1n) is 11.0. The smallest absolute Gasteiger partial charge is 0.314 e. The maximum Gasteiger partial charge on any atom is 0.314 e. The number of anilines is 3. The van der Waals surface area contributed by atoms with Gasteiger partial charge in [-0.05, 0) is 45.2 Å². The number of nitrogen functional groups attached to an aromatic ring is 1. The second-order valence-corrected chi connectivity index (χ2v) is 7.53. The molecule has 0 unspecified atom stereocenters. The Balaban J connectivity index is 0.000000222. The summed E-state index contributed by atoms with van der Waals surface area (Å²) in [5, 5.41) is 9.80. The molecule has 3 heterocycles. The van der Waals surface area contributed by atoms with Crippen molar-refractivity contribution in [1.82, 2.24) is 20.1 Å². The standard InChI is InChI=1S/C13H16N6O2.C10H15N/c14-11-8-6-16-18-10(8)9(7-15-11)17-12(20)13(21)19-4-2-1-3-5-19;1-3-11(4-2)10-8-6-5-7-9-10/h6-7H,1-5H2,(H2,14,15)(H,16,18)(H,17,20);5-9H,3-4H2,1-2H3. The van der Waals surface area contributed by atoms with Gasteiger partial charge in [-0.15, -0.1) is 0 Å². The Morgan fingerprint density at radius 2 is 1.78 bits per heavy atom. The Kier molecular flexibility index (Phi) is 8.02. The molecule has 32 heavy (non-hydrogen) atoms. The van der Waals surface area contributed by atoms with E-state index in [0.717, 1.165) is 32.4 Å². The number of benzene rings is 1. The number of rotatable bonds is 4. The third-order valence-corrected chi connectivity index (χ3v) is 5.49. The number of pyridine rings is 1. The number of hydrogen-bond donors (Lipinski definition) is 3. The molecule has 1 aliphatic rings. The number of amides is 2. The van der Waals surface area contributed by atoms with Crippen molar-refractivity contribution in [2.24, 2.45) is 0 Å². The van der Waals surface area contributed by atoms with Gasteiger partial charge < -0.3 is 20.9 Å². The third-order valence-electron chi connectivity index (χ3n) is 5.49. The first-order chi connectivity index (χ1) is 15.5. The summed E-state index contributed by atoms with van der Waals surface area (Å²) in [6, 6.07) is 10.5. The van der Waals surface area contributed by atoms with E-state index in [1.165, 1.54) is 18.1 Å². The van der Waals surface area contributed by atoms with Crippen LogP contribution in [-0.2, 0) is 9.59 Å². The molecule has 9 heteroatoms. The number of aromatic amines is 1. The fourth-order valence-corrected chi connectivity index (χ4v) is 3.69. The molecule has 3 aromatic rings. The Bertz CT molecular complexity index is 1030. The molecule has 0 radical (unpaired) electrons. The third kappa shape index (κ3) is 5.54. The van der Waals surface area contributed by atoms with Gasteiger partial charge in [0, 0.05) is 31.9 Å². The highest BCUT2D eigenvalue weighted by molar-refractivity contribution is 6.40. The van der Waals surface area contributed by atoms with Crippen LogP contribution >= 0.6 is 0 Å². The van der Waals surface area contributed by atoms with E-state index in [4.69, 9.17) is 5.73 Å². The molecule has 0 spiro atoms. The minimum Gasteiger partial charge on any atom is -0.383 e. The van der Waals surface area contributed by atoms with E-state index in [9.17, 15) is 9.59 Å². The van der Waals surface area contributed by atoms with E-state index in [1.807, 2.05) is 6.07 Å². The highest BCUT2D eigenvalue weighted by Gasteiger charge is 2.24. The summed E-state index contributed by atoms with van der Waals surface area (Å²) in [5.41, 5.74) is 7.99. The number of carbonyl (C=O) groups is 2. The SMILES string of the molecule is CCN(CC)c1ccccc1.Nc1ncc(NC(=O)C(=O)N2CCCCC2)c2[nH]ncc12. The number of para-hydroxylation sites is 1. The summed E-state index contributed by atoms with van der Waals surface area (Å²) in [5.74, 6) is -0.863. The Hall–Kier alpha value is -3.62. The average Bonchev–Trinajstić information content (AvgIpc) is 3.34. The van der Waals surface area contributed by atoms with Crippen molar-refractivity contribution in [3.63, 3.8) is 0 Å². The predicted molar refractivity (Wildman–Crippen MR) is 127 cm³/mol. The number of fused-ring (bicyclic) bond motifs is 1. The molecule has 0 saturated carbocycles. The van der Waals surface area contributed by atoms with Crippen LogP contribution in [0.25, 0.3) is 10.9 Å². The molecule has 2 amide bonds. The Labute approximate surface area is 188 Å². The van der Waals surface area contributed by atoms with Gasteiger partial charge in [-0.3, -0.25) is 14.7 Å². The van der Waals surface area contributed by atoms with Gasteiger partial charge in [0.2, 0.25) is 0 Å². The summed E-state index contributed by atoms with van der Waals surface area (Å²) in [6.45, 7) is 7.78. The van der Waals surface area contributed by atoms with Gasteiger partial charge >= 0.3 is 11.8 Å². The molecule has 1 aliphatic heterocycles. The van der Waals surface area contributed by atoms with E-state index in [0.29, 0.717) is 35.5 Å². The molecule has 1 aromatic carbocycles. The lowest BCUT2D eigenvalue weighted by molar-refractivity contribution is -0.143. The van der Waals surface area contributed by atoms with Crippen LogP contribution < -0.4 is 16.0 Å². The molecule has 1 saturated heterocycles. The first-order valence-corrected chi connectivity index (χ1v) is 11.0. The van der Waals surface area contributed by atoms with E-state index in [2.05, 4.69) is 63.5 Å². The molecule has 0 atom stereocenters. The molecule has 2 aromatic heterocycles. The number of H-pyrrole nitrogens is 1. The molecular weight excluding hydrogens is 406 g/mol. The number of aromatic nitrogens is 3. The van der Waals surface area contributed by atoms with Crippen molar-refractivity contribution in [3.05, 3.63) is 42.7 Å². The van der Waals surface area contributed by atoms with Crippen molar-refractivity contribution >= 4 is 39.9 Å². The quantitative estimate of drug-likeness (QED) is 0.540. The monoisotopic (exact) mass is 437 g/mol. The lowest BCUT2D eigenvalue weighted by Crippen LogP contribution is -2.42. The predicted octanol–water partition coefficient (Wildman–Crippen LogP) is 3.02. The van der Waals surface area contributed by atoms with Crippen LogP contribution in [0.1, 0.15) is 33.1 Å². The van der Waals surface area contributed by atoms with E-state index >= 15 is 0 Å². The van der Waals surface area contributed by atoms with E-state index < -0.39 is 11.8 Å². The molecule has 4 N–H and O–H groups in total. The zero-order chi connectivity index (χ0) is 22.9. The molecule has 4 rings (SSSR count). The fourth-order valence-electron chi connectivity index (χ4n) is 3.69. The van der Waals surface area contributed by atoms with Crippen LogP contribution in [0.3, 0.4) is 0 Å². The largest absolute Gasteiger partial charge is 0.383 e. The molecular formula is C23H31N7O2. The number of likely N-dealkylation sites (tertiary alicyclic amines) is 1. The fraction of sp³-hybridized carbons (Fsp3) is 0.391. The highest BCUT2D eigenvalue weighted by atomic mass is 16.2. The van der Waals surface area contributed by atoms with Crippen LogP contribution in [0.2, 0.25) is 0 Å². The molecule has 0 aliphatic carbocycles. The van der Waals surface area contributed by atoms with Crippen molar-refractivity contribution in [3.8, 4) is 0 Å². The van der Waals surface area contributed by atoms with E-state index in [-0.39, 0.29) is 0 Å². The number of nitrogens with zero attached hydrogens (tertiary/aromatic N) is 4. The number of carbonyl (C=O) groups excluding carboxylic acids is 2. The number of nitrogens with two attached hydrogens (primary N) is 1. The normalized spacial score (nSPS) is 13.2. The van der Waals surface area contributed by atoms with Gasteiger partial charge in [0.1, 0.15) is 5.82 Å². The molecule has 0 bridgehead atoms. The van der Waals surface area contributed by atoms with Crippen LogP contribution in [0.4, 0.5) is 17.2 Å². The first kappa shape index (κ1) is 23.1. The summed E-state index contributed by atoms with van der Waals surface area (Å²) in [4.78, 5) is 32.0. The van der Waals surface area contributed by atoms with Crippen LogP contribution in [0, 0.1) is 0 Å². The highest BCUT2D eigenvalue weighted by Crippen LogP contribution is 2.24. The van der Waals surface area contributed by atoms with Gasteiger partial charge in [-0.25, -0.2) is 4.98 Å². The van der Waals surface area contributed by atoms with Crippen LogP contribution in [0.15, 0.2) is 42.7 Å². The van der Waals surface area contributed by atoms with Gasteiger partial charge in [0.15, 0.2) is 0 Å². The summed E-state index contributed by atoms with van der Waals surface area (Å²) >= 11 is 0. The average molecular weight is 438 g/mol. The second kappa shape index (κ2) is 11.1. The number of hydrogen-bond acceptors (Lipinski definition) is 6. The maximum absolute atomic E-state index is 12.1. The summed E-state index contributed by atoms with van der Waals surface area (Å²) in [7, 11) is 0. The van der Waals surface area contributed by atoms with Gasteiger partial charge in [0.05, 0.1) is 29.0 Å². The molecule has 170 valence electrons. The lowest BCUT2D eigenvalue weighted by Gasteiger charge is -2.25. The van der Waals surface area contributed by atoms with Gasteiger partial charge in [-0.2, -0.15) is 5.10 Å². The maximum atomic E-state index is 12.1. The van der Waals surface area contributed by atoms with Crippen molar-refractivity contribution < 1.29 is 9.59 Å². The van der Waals surface area contributed by atoms with Gasteiger partial charge in [-0.1, -0.05) is 18.2 Å². The minimum absolute atomic E-state index is 0.319. The zero-order valence-corrected chi connectivity index (χ0v) is 18.7. The van der Waals surface area contributed by atoms with Crippen LogP contribution in [0.5, 0.6) is 0 Å². The Morgan fingerprint density at radius 3 is 2.44 bits per heavy atom. The number of piperidine rings is 1. The summed E-state index contributed by atoms with van der Waals surface area (Å²) < 4.78 is 0. The number of nitrogens with one attached hydrogen (secondary N) is 2. The topological polar surface area (TPSA) is 120 Å².